The van der Waals surface area contributed by atoms with Crippen LogP contribution >= 0.6 is 23.2 Å². The fraction of sp³-hybridized carbons (Fsp3) is 0.318. The third-order valence-electron chi connectivity index (χ3n) is 5.39. The van der Waals surface area contributed by atoms with Crippen LogP contribution in [0.4, 0.5) is 5.82 Å². The Kier molecular flexibility index (Phi) is 5.16. The van der Waals surface area contributed by atoms with E-state index < -0.39 is 0 Å². The molecule has 0 spiro atoms. The van der Waals surface area contributed by atoms with Crippen molar-refractivity contribution in [3.63, 3.8) is 0 Å². The van der Waals surface area contributed by atoms with Crippen LogP contribution in [0.5, 0.6) is 0 Å². The number of nitrogens with zero attached hydrogens (tertiary/aromatic N) is 2. The van der Waals surface area contributed by atoms with Crippen LogP contribution in [0, 0.1) is 13.8 Å². The van der Waals surface area contributed by atoms with E-state index in [1.54, 1.807) is 6.07 Å². The summed E-state index contributed by atoms with van der Waals surface area (Å²) in [5.41, 5.74) is 7.11. The van der Waals surface area contributed by atoms with Gasteiger partial charge in [0.2, 0.25) is 0 Å². The van der Waals surface area contributed by atoms with Gasteiger partial charge in [0.1, 0.15) is 5.82 Å². The van der Waals surface area contributed by atoms with Crippen molar-refractivity contribution in [2.45, 2.75) is 39.5 Å². The van der Waals surface area contributed by atoms with Gasteiger partial charge in [-0.05, 0) is 68.0 Å². The number of fused-ring (bicyclic) bond motifs is 1. The van der Waals surface area contributed by atoms with E-state index in [1.807, 2.05) is 12.1 Å². The summed E-state index contributed by atoms with van der Waals surface area (Å²) < 4.78 is 2.09. The quantitative estimate of drug-likeness (QED) is 0.573. The summed E-state index contributed by atoms with van der Waals surface area (Å²) in [4.78, 5) is 0. The predicted octanol–water partition coefficient (Wildman–Crippen LogP) is 6.13. The standard InChI is InChI=1S/C22H23Cl2N3/c1-14-6-5-8-21(15(14)2)27-22-18(7-3-4-11-25-22)20(26-27)12-16-9-10-17(23)13-19(16)24/h5-6,8-10,13,25H,3-4,7,11-12H2,1-2H3. The van der Waals surface area contributed by atoms with Gasteiger partial charge >= 0.3 is 0 Å². The average molecular weight is 400 g/mol. The van der Waals surface area contributed by atoms with Crippen molar-refractivity contribution in [1.82, 2.24) is 9.78 Å². The Morgan fingerprint density at radius 1 is 1.11 bits per heavy atom. The lowest BCUT2D eigenvalue weighted by Crippen LogP contribution is -2.08. The van der Waals surface area contributed by atoms with Gasteiger partial charge in [-0.1, -0.05) is 41.4 Å². The van der Waals surface area contributed by atoms with Crippen LogP contribution in [0.25, 0.3) is 5.69 Å². The topological polar surface area (TPSA) is 29.9 Å². The summed E-state index contributed by atoms with van der Waals surface area (Å²) in [5.74, 6) is 1.13. The first-order valence-electron chi connectivity index (χ1n) is 9.40. The van der Waals surface area contributed by atoms with E-state index in [-0.39, 0.29) is 0 Å². The van der Waals surface area contributed by atoms with Crippen LogP contribution in [0.15, 0.2) is 36.4 Å². The molecule has 1 N–H and O–H groups in total. The molecule has 1 aliphatic heterocycles. The second-order valence-corrected chi connectivity index (χ2v) is 8.04. The van der Waals surface area contributed by atoms with E-state index in [2.05, 4.69) is 42.0 Å². The van der Waals surface area contributed by atoms with Crippen molar-refractivity contribution in [1.29, 1.82) is 0 Å². The van der Waals surface area contributed by atoms with E-state index in [0.717, 1.165) is 35.7 Å². The zero-order valence-corrected chi connectivity index (χ0v) is 17.2. The number of hydrogen-bond acceptors (Lipinski definition) is 2. The molecule has 27 heavy (non-hydrogen) atoms. The number of aryl methyl sites for hydroxylation is 1. The molecule has 0 fully saturated rings. The Morgan fingerprint density at radius 2 is 1.96 bits per heavy atom. The number of rotatable bonds is 3. The molecule has 0 aliphatic carbocycles. The van der Waals surface area contributed by atoms with Crippen LogP contribution in [-0.2, 0) is 12.8 Å². The van der Waals surface area contributed by atoms with Crippen LogP contribution in [0.1, 0.15) is 40.8 Å². The number of benzene rings is 2. The first-order chi connectivity index (χ1) is 13.0. The van der Waals surface area contributed by atoms with E-state index >= 15 is 0 Å². The molecule has 2 aromatic carbocycles. The first-order valence-corrected chi connectivity index (χ1v) is 10.2. The van der Waals surface area contributed by atoms with Crippen molar-refractivity contribution < 1.29 is 0 Å². The average Bonchev–Trinajstić information content (AvgIpc) is 2.81. The minimum atomic E-state index is 0.658. The Balaban J connectivity index is 1.83. The molecule has 3 aromatic rings. The van der Waals surface area contributed by atoms with Gasteiger partial charge in [0.25, 0.3) is 0 Å². The number of aromatic nitrogens is 2. The summed E-state index contributed by atoms with van der Waals surface area (Å²) >= 11 is 12.5. The highest BCUT2D eigenvalue weighted by Crippen LogP contribution is 2.32. The molecular weight excluding hydrogens is 377 g/mol. The normalized spacial score (nSPS) is 13.8. The summed E-state index contributed by atoms with van der Waals surface area (Å²) in [6, 6.07) is 12.1. The lowest BCUT2D eigenvalue weighted by molar-refractivity contribution is 0.766. The molecule has 0 amide bonds. The lowest BCUT2D eigenvalue weighted by Gasteiger charge is -2.13. The molecule has 0 unspecified atom stereocenters. The molecule has 3 nitrogen and oxygen atoms in total. The maximum atomic E-state index is 6.43. The van der Waals surface area contributed by atoms with E-state index in [9.17, 15) is 0 Å². The van der Waals surface area contributed by atoms with Gasteiger partial charge in [0.05, 0.1) is 11.4 Å². The number of anilines is 1. The van der Waals surface area contributed by atoms with Gasteiger partial charge < -0.3 is 5.32 Å². The van der Waals surface area contributed by atoms with Crippen LogP contribution < -0.4 is 5.32 Å². The molecular formula is C22H23Cl2N3. The number of halogens is 2. The van der Waals surface area contributed by atoms with Crippen molar-refractivity contribution in [3.8, 4) is 5.69 Å². The van der Waals surface area contributed by atoms with Gasteiger partial charge in [-0.25, -0.2) is 4.68 Å². The molecule has 0 saturated heterocycles. The smallest absolute Gasteiger partial charge is 0.133 e. The van der Waals surface area contributed by atoms with Crippen molar-refractivity contribution in [2.24, 2.45) is 0 Å². The maximum Gasteiger partial charge on any atom is 0.133 e. The highest BCUT2D eigenvalue weighted by Gasteiger charge is 2.22. The SMILES string of the molecule is Cc1cccc(-n2nc(Cc3ccc(Cl)cc3Cl)c3c2NCCCC3)c1C. The summed E-state index contributed by atoms with van der Waals surface area (Å²) in [6.07, 6.45) is 4.08. The van der Waals surface area contributed by atoms with E-state index in [1.165, 1.54) is 29.5 Å². The molecule has 2 heterocycles. The number of hydrogen-bond donors (Lipinski definition) is 1. The second kappa shape index (κ2) is 7.57. The maximum absolute atomic E-state index is 6.43. The van der Waals surface area contributed by atoms with Crippen LogP contribution in [0.2, 0.25) is 10.0 Å². The monoisotopic (exact) mass is 399 g/mol. The largest absolute Gasteiger partial charge is 0.370 e. The minimum Gasteiger partial charge on any atom is -0.370 e. The van der Waals surface area contributed by atoms with E-state index in [0.29, 0.717) is 16.5 Å². The van der Waals surface area contributed by atoms with Gasteiger partial charge in [0, 0.05) is 28.6 Å². The van der Waals surface area contributed by atoms with Crippen molar-refractivity contribution >= 4 is 29.0 Å². The van der Waals surface area contributed by atoms with Crippen LogP contribution in [-0.4, -0.2) is 16.3 Å². The van der Waals surface area contributed by atoms with Gasteiger partial charge in [-0.3, -0.25) is 0 Å². The Hall–Kier alpha value is -1.97. The minimum absolute atomic E-state index is 0.658. The second-order valence-electron chi connectivity index (χ2n) is 7.20. The Morgan fingerprint density at radius 3 is 2.78 bits per heavy atom. The first kappa shape index (κ1) is 18.4. The van der Waals surface area contributed by atoms with Crippen LogP contribution in [0.3, 0.4) is 0 Å². The summed E-state index contributed by atoms with van der Waals surface area (Å²) in [6.45, 7) is 5.28. The Labute approximate surface area is 170 Å². The van der Waals surface area contributed by atoms with Gasteiger partial charge in [-0.2, -0.15) is 5.10 Å². The zero-order valence-electron chi connectivity index (χ0n) is 15.6. The molecule has 0 radical (unpaired) electrons. The molecule has 1 aliphatic rings. The predicted molar refractivity (Wildman–Crippen MR) is 114 cm³/mol. The van der Waals surface area contributed by atoms with E-state index in [4.69, 9.17) is 28.3 Å². The third-order valence-corrected chi connectivity index (χ3v) is 5.98. The third kappa shape index (κ3) is 3.59. The van der Waals surface area contributed by atoms with Crippen molar-refractivity contribution in [3.05, 3.63) is 74.4 Å². The molecule has 0 atom stereocenters. The highest BCUT2D eigenvalue weighted by molar-refractivity contribution is 6.35. The molecule has 0 saturated carbocycles. The fourth-order valence-electron chi connectivity index (χ4n) is 3.70. The molecule has 5 heteroatoms. The Bertz CT molecular complexity index is 991. The van der Waals surface area contributed by atoms with Gasteiger partial charge in [-0.15, -0.1) is 0 Å². The molecule has 0 bridgehead atoms. The molecule has 4 rings (SSSR count). The molecule has 1 aromatic heterocycles. The lowest BCUT2D eigenvalue weighted by atomic mass is 10.0. The fourth-order valence-corrected chi connectivity index (χ4v) is 4.18. The van der Waals surface area contributed by atoms with Gasteiger partial charge in [0.15, 0.2) is 0 Å². The van der Waals surface area contributed by atoms with Crippen molar-refractivity contribution in [2.75, 3.05) is 11.9 Å². The number of nitrogens with one attached hydrogen (secondary N) is 1. The summed E-state index contributed by atoms with van der Waals surface area (Å²) in [7, 11) is 0. The summed E-state index contributed by atoms with van der Waals surface area (Å²) in [5, 5.41) is 9.99. The molecule has 140 valence electrons. The highest BCUT2D eigenvalue weighted by atomic mass is 35.5. The zero-order chi connectivity index (χ0) is 19.0.